The number of hydrogen-bond acceptors (Lipinski definition) is 3. The third-order valence-electron chi connectivity index (χ3n) is 3.58. The van der Waals surface area contributed by atoms with Crippen molar-refractivity contribution >= 4 is 34.8 Å². The fraction of sp³-hybridized carbons (Fsp3) is 0.0526. The molecule has 0 unspecified atom stereocenters. The highest BCUT2D eigenvalue weighted by molar-refractivity contribution is 6.31. The summed E-state index contributed by atoms with van der Waals surface area (Å²) in [5.41, 5.74) is 2.45. The molecule has 3 rings (SSSR count). The van der Waals surface area contributed by atoms with Crippen LogP contribution in [0.3, 0.4) is 0 Å². The predicted octanol–water partition coefficient (Wildman–Crippen LogP) is 4.75. The van der Waals surface area contributed by atoms with Crippen molar-refractivity contribution in [2.45, 2.75) is 6.92 Å². The van der Waals surface area contributed by atoms with Gasteiger partial charge in [0, 0.05) is 22.0 Å². The second-order valence-electron chi connectivity index (χ2n) is 5.43. The summed E-state index contributed by atoms with van der Waals surface area (Å²) in [7, 11) is 0. The van der Waals surface area contributed by atoms with Crippen LogP contribution < -0.4 is 10.6 Å². The SMILES string of the molecule is Cc1ccc(Cl)cc1NC(=O)c1cccc(NC(=O)c2ccco2)c1. The molecule has 0 aliphatic heterocycles. The highest BCUT2D eigenvalue weighted by atomic mass is 35.5. The van der Waals surface area contributed by atoms with Gasteiger partial charge in [0.2, 0.25) is 0 Å². The van der Waals surface area contributed by atoms with Gasteiger partial charge < -0.3 is 15.1 Å². The number of carbonyl (C=O) groups is 2. The van der Waals surface area contributed by atoms with Gasteiger partial charge in [-0.2, -0.15) is 0 Å². The first-order valence-electron chi connectivity index (χ1n) is 7.55. The number of anilines is 2. The van der Waals surface area contributed by atoms with E-state index in [1.807, 2.05) is 13.0 Å². The number of benzene rings is 2. The lowest BCUT2D eigenvalue weighted by atomic mass is 10.1. The highest BCUT2D eigenvalue weighted by Crippen LogP contribution is 2.21. The van der Waals surface area contributed by atoms with E-state index in [1.165, 1.54) is 6.26 Å². The van der Waals surface area contributed by atoms with Crippen LogP contribution in [-0.2, 0) is 0 Å². The zero-order valence-electron chi connectivity index (χ0n) is 13.4. The van der Waals surface area contributed by atoms with Crippen molar-refractivity contribution in [1.82, 2.24) is 0 Å². The molecule has 0 aliphatic rings. The fourth-order valence-corrected chi connectivity index (χ4v) is 2.43. The van der Waals surface area contributed by atoms with Crippen molar-refractivity contribution < 1.29 is 14.0 Å². The van der Waals surface area contributed by atoms with E-state index in [0.29, 0.717) is 22.0 Å². The van der Waals surface area contributed by atoms with Crippen molar-refractivity contribution in [3.05, 3.63) is 82.8 Å². The van der Waals surface area contributed by atoms with Gasteiger partial charge in [0.25, 0.3) is 11.8 Å². The minimum atomic E-state index is -0.381. The molecule has 0 saturated heterocycles. The van der Waals surface area contributed by atoms with Gasteiger partial charge in [-0.3, -0.25) is 9.59 Å². The summed E-state index contributed by atoms with van der Waals surface area (Å²) in [4.78, 5) is 24.5. The maximum atomic E-state index is 12.5. The smallest absolute Gasteiger partial charge is 0.291 e. The van der Waals surface area contributed by atoms with E-state index in [1.54, 1.807) is 48.5 Å². The predicted molar refractivity (Wildman–Crippen MR) is 97.2 cm³/mol. The summed E-state index contributed by atoms with van der Waals surface area (Å²) in [5.74, 6) is -0.475. The van der Waals surface area contributed by atoms with Crippen LogP contribution in [0.25, 0.3) is 0 Å². The molecule has 0 saturated carbocycles. The molecule has 2 amide bonds. The first-order chi connectivity index (χ1) is 12.0. The zero-order valence-corrected chi connectivity index (χ0v) is 14.1. The molecule has 6 heteroatoms. The van der Waals surface area contributed by atoms with Crippen LogP contribution in [0.1, 0.15) is 26.5 Å². The number of amides is 2. The Morgan fingerprint density at radius 1 is 0.960 bits per heavy atom. The number of nitrogens with one attached hydrogen (secondary N) is 2. The number of halogens is 1. The van der Waals surface area contributed by atoms with Crippen molar-refractivity contribution in [2.75, 3.05) is 10.6 Å². The van der Waals surface area contributed by atoms with Gasteiger partial charge in [-0.25, -0.2) is 0 Å². The van der Waals surface area contributed by atoms with E-state index in [9.17, 15) is 9.59 Å². The minimum absolute atomic E-state index is 0.199. The Kier molecular flexibility index (Phi) is 4.86. The number of rotatable bonds is 4. The molecule has 2 N–H and O–H groups in total. The Balaban J connectivity index is 1.75. The molecule has 0 atom stereocenters. The summed E-state index contributed by atoms with van der Waals surface area (Å²) < 4.78 is 5.04. The number of carbonyl (C=O) groups excluding carboxylic acids is 2. The molecule has 126 valence electrons. The maximum absolute atomic E-state index is 12.5. The van der Waals surface area contributed by atoms with Crippen molar-refractivity contribution in [2.24, 2.45) is 0 Å². The summed E-state index contributed by atoms with van der Waals surface area (Å²) in [5, 5.41) is 6.05. The second-order valence-corrected chi connectivity index (χ2v) is 5.86. The van der Waals surface area contributed by atoms with Crippen LogP contribution in [-0.4, -0.2) is 11.8 Å². The average Bonchev–Trinajstić information content (AvgIpc) is 3.13. The molecule has 0 aliphatic carbocycles. The quantitative estimate of drug-likeness (QED) is 0.710. The van der Waals surface area contributed by atoms with Gasteiger partial charge in [0.1, 0.15) is 0 Å². The lowest BCUT2D eigenvalue weighted by Gasteiger charge is -2.10. The standard InChI is InChI=1S/C19H15ClN2O3/c1-12-7-8-14(20)11-16(12)22-18(23)13-4-2-5-15(10-13)21-19(24)17-6-3-9-25-17/h2-11H,1H3,(H,21,24)(H,22,23). The number of aryl methyl sites for hydroxylation is 1. The molecule has 1 aromatic heterocycles. The Hall–Kier alpha value is -3.05. The molecular weight excluding hydrogens is 340 g/mol. The summed E-state index contributed by atoms with van der Waals surface area (Å²) >= 11 is 5.97. The minimum Gasteiger partial charge on any atom is -0.459 e. The molecule has 2 aromatic carbocycles. The Morgan fingerprint density at radius 2 is 1.80 bits per heavy atom. The monoisotopic (exact) mass is 354 g/mol. The first kappa shape index (κ1) is 16.8. The van der Waals surface area contributed by atoms with E-state index < -0.39 is 0 Å². The van der Waals surface area contributed by atoms with Crippen molar-refractivity contribution in [1.29, 1.82) is 0 Å². The molecule has 0 bridgehead atoms. The van der Waals surface area contributed by atoms with Gasteiger partial charge in [0.05, 0.1) is 6.26 Å². The third-order valence-corrected chi connectivity index (χ3v) is 3.81. The average molecular weight is 355 g/mol. The number of furan rings is 1. The zero-order chi connectivity index (χ0) is 17.8. The van der Waals surface area contributed by atoms with E-state index >= 15 is 0 Å². The first-order valence-corrected chi connectivity index (χ1v) is 7.93. The lowest BCUT2D eigenvalue weighted by molar-refractivity contribution is 0.0993. The van der Waals surface area contributed by atoms with E-state index in [-0.39, 0.29) is 17.6 Å². The van der Waals surface area contributed by atoms with Crippen LogP contribution in [0.15, 0.2) is 65.3 Å². The van der Waals surface area contributed by atoms with Gasteiger partial charge in [-0.15, -0.1) is 0 Å². The molecule has 1 heterocycles. The Morgan fingerprint density at radius 3 is 2.56 bits per heavy atom. The molecule has 3 aromatic rings. The molecule has 0 radical (unpaired) electrons. The van der Waals surface area contributed by atoms with Gasteiger partial charge >= 0.3 is 0 Å². The third kappa shape index (κ3) is 4.08. The Labute approximate surface area is 149 Å². The van der Waals surface area contributed by atoms with E-state index in [4.69, 9.17) is 16.0 Å². The lowest BCUT2D eigenvalue weighted by Crippen LogP contribution is -2.14. The normalized spacial score (nSPS) is 10.3. The van der Waals surface area contributed by atoms with E-state index in [2.05, 4.69) is 10.6 Å². The van der Waals surface area contributed by atoms with Crippen LogP contribution >= 0.6 is 11.6 Å². The molecule has 0 fully saturated rings. The maximum Gasteiger partial charge on any atom is 0.291 e. The Bertz CT molecular complexity index is 920. The number of hydrogen-bond donors (Lipinski definition) is 2. The van der Waals surface area contributed by atoms with Crippen molar-refractivity contribution in [3.8, 4) is 0 Å². The highest BCUT2D eigenvalue weighted by Gasteiger charge is 2.12. The second kappa shape index (κ2) is 7.23. The van der Waals surface area contributed by atoms with Crippen LogP contribution in [0.2, 0.25) is 5.02 Å². The van der Waals surface area contributed by atoms with Gasteiger partial charge in [-0.05, 0) is 55.0 Å². The fourth-order valence-electron chi connectivity index (χ4n) is 2.26. The topological polar surface area (TPSA) is 71.3 Å². The van der Waals surface area contributed by atoms with Crippen molar-refractivity contribution in [3.63, 3.8) is 0 Å². The van der Waals surface area contributed by atoms with Gasteiger partial charge in [0.15, 0.2) is 5.76 Å². The molecule has 0 spiro atoms. The molecule has 25 heavy (non-hydrogen) atoms. The molecule has 5 nitrogen and oxygen atoms in total. The summed E-state index contributed by atoms with van der Waals surface area (Å²) in [6.07, 6.45) is 1.42. The van der Waals surface area contributed by atoms with Gasteiger partial charge in [-0.1, -0.05) is 23.7 Å². The summed E-state index contributed by atoms with van der Waals surface area (Å²) in [6, 6.07) is 15.1. The van der Waals surface area contributed by atoms with Crippen LogP contribution in [0, 0.1) is 6.92 Å². The van der Waals surface area contributed by atoms with E-state index in [0.717, 1.165) is 5.56 Å². The van der Waals surface area contributed by atoms with Crippen LogP contribution in [0.5, 0.6) is 0 Å². The molecular formula is C19H15ClN2O3. The largest absolute Gasteiger partial charge is 0.459 e. The van der Waals surface area contributed by atoms with Crippen LogP contribution in [0.4, 0.5) is 11.4 Å². The summed E-state index contributed by atoms with van der Waals surface area (Å²) in [6.45, 7) is 1.88.